The number of hydrogen-bond donors (Lipinski definition) is 1. The summed E-state index contributed by atoms with van der Waals surface area (Å²) in [4.78, 5) is 11.9. The van der Waals surface area contributed by atoms with Crippen LogP contribution in [0.25, 0.3) is 0 Å². The van der Waals surface area contributed by atoms with Crippen molar-refractivity contribution < 1.29 is 14.6 Å². The summed E-state index contributed by atoms with van der Waals surface area (Å²) in [6.07, 6.45) is 41.4. The topological polar surface area (TPSA) is 46.5 Å². The summed E-state index contributed by atoms with van der Waals surface area (Å²) in [5.41, 5.74) is 0. The van der Waals surface area contributed by atoms with Gasteiger partial charge in [-0.05, 0) is 38.5 Å². The number of rotatable bonds is 32. The molecule has 0 heterocycles. The highest BCUT2D eigenvalue weighted by Gasteiger charge is 2.02. The van der Waals surface area contributed by atoms with Crippen LogP contribution in [0.4, 0.5) is 0 Å². The van der Waals surface area contributed by atoms with Crippen LogP contribution in [0.5, 0.6) is 0 Å². The van der Waals surface area contributed by atoms with E-state index in [1.54, 1.807) is 0 Å². The number of esters is 1. The van der Waals surface area contributed by atoms with Gasteiger partial charge in [-0.1, -0.05) is 160 Å². The van der Waals surface area contributed by atoms with Crippen LogP contribution < -0.4 is 0 Å². The molecule has 226 valence electrons. The van der Waals surface area contributed by atoms with E-state index in [-0.39, 0.29) is 5.97 Å². The van der Waals surface area contributed by atoms with Crippen LogP contribution in [0.3, 0.4) is 0 Å². The number of unbranched alkanes of at least 4 members (excludes halogenated alkanes) is 25. The van der Waals surface area contributed by atoms with Gasteiger partial charge in [0.05, 0.1) is 6.61 Å². The first-order valence-corrected chi connectivity index (χ1v) is 17.2. The van der Waals surface area contributed by atoms with Gasteiger partial charge < -0.3 is 9.84 Å². The van der Waals surface area contributed by atoms with E-state index in [1.807, 2.05) is 0 Å². The van der Waals surface area contributed by atoms with Gasteiger partial charge in [0.15, 0.2) is 0 Å². The van der Waals surface area contributed by atoms with Crippen LogP contribution in [0.1, 0.15) is 193 Å². The molecule has 3 heteroatoms. The largest absolute Gasteiger partial charge is 0.466 e. The zero-order valence-corrected chi connectivity index (χ0v) is 25.8. The minimum Gasteiger partial charge on any atom is -0.466 e. The molecule has 0 aliphatic carbocycles. The number of aliphatic hydroxyl groups excluding tert-OH is 1. The second-order valence-electron chi connectivity index (χ2n) is 11.6. The third kappa shape index (κ3) is 33.2. The molecule has 0 radical (unpaired) electrons. The molecule has 0 aliphatic rings. The number of allylic oxidation sites excluding steroid dienone is 2. The summed E-state index contributed by atoms with van der Waals surface area (Å²) < 4.78 is 5.42. The number of aliphatic hydroxyl groups is 1. The van der Waals surface area contributed by atoms with Crippen molar-refractivity contribution in [3.63, 3.8) is 0 Å². The Morgan fingerprint density at radius 2 is 0.868 bits per heavy atom. The molecular weight excluding hydrogens is 468 g/mol. The molecule has 0 fully saturated rings. The zero-order chi connectivity index (χ0) is 27.6. The first-order valence-electron chi connectivity index (χ1n) is 17.2. The molecule has 0 aromatic heterocycles. The lowest BCUT2D eigenvalue weighted by Gasteiger charge is -2.06. The Morgan fingerprint density at radius 3 is 1.32 bits per heavy atom. The first-order chi connectivity index (χ1) is 18.8. The van der Waals surface area contributed by atoms with E-state index in [9.17, 15) is 4.79 Å². The van der Waals surface area contributed by atoms with Crippen molar-refractivity contribution in [1.29, 1.82) is 0 Å². The standard InChI is InChI=1S/C35H68O3/c1-2-3-4-5-6-7-17-20-23-26-29-32-35(37)38-34-31-28-25-22-19-16-14-12-10-8-9-11-13-15-18-21-24-27-30-33-36/h5-6,36H,2-4,7-34H2,1H3. The second-order valence-corrected chi connectivity index (χ2v) is 11.6. The van der Waals surface area contributed by atoms with Crippen molar-refractivity contribution in [2.75, 3.05) is 13.2 Å². The maximum Gasteiger partial charge on any atom is 0.305 e. The number of ether oxygens (including phenoxy) is 1. The predicted molar refractivity (Wildman–Crippen MR) is 167 cm³/mol. The Balaban J connectivity index is 3.15. The van der Waals surface area contributed by atoms with Crippen LogP contribution in [-0.4, -0.2) is 24.3 Å². The molecular formula is C35H68O3. The second kappa shape index (κ2) is 34.2. The normalized spacial score (nSPS) is 11.5. The summed E-state index contributed by atoms with van der Waals surface area (Å²) in [5.74, 6) is 0.00848. The van der Waals surface area contributed by atoms with Gasteiger partial charge in [0.2, 0.25) is 0 Å². The zero-order valence-electron chi connectivity index (χ0n) is 25.8. The molecule has 0 saturated heterocycles. The summed E-state index contributed by atoms with van der Waals surface area (Å²) >= 11 is 0. The molecule has 3 nitrogen and oxygen atoms in total. The van der Waals surface area contributed by atoms with Crippen LogP contribution in [0, 0.1) is 0 Å². The van der Waals surface area contributed by atoms with E-state index in [1.165, 1.54) is 154 Å². The van der Waals surface area contributed by atoms with E-state index in [0.717, 1.165) is 25.7 Å². The highest BCUT2D eigenvalue weighted by molar-refractivity contribution is 5.69. The van der Waals surface area contributed by atoms with Crippen LogP contribution in [-0.2, 0) is 9.53 Å². The summed E-state index contributed by atoms with van der Waals surface area (Å²) in [6.45, 7) is 3.22. The van der Waals surface area contributed by atoms with Gasteiger partial charge in [0.1, 0.15) is 0 Å². The van der Waals surface area contributed by atoms with Gasteiger partial charge in [-0.25, -0.2) is 0 Å². The van der Waals surface area contributed by atoms with Gasteiger partial charge in [-0.3, -0.25) is 4.79 Å². The van der Waals surface area contributed by atoms with E-state index in [2.05, 4.69) is 19.1 Å². The molecule has 1 N–H and O–H groups in total. The molecule has 0 spiro atoms. The molecule has 0 amide bonds. The Labute approximate surface area is 239 Å². The van der Waals surface area contributed by atoms with E-state index >= 15 is 0 Å². The summed E-state index contributed by atoms with van der Waals surface area (Å²) in [5, 5.41) is 8.78. The molecule has 0 unspecified atom stereocenters. The van der Waals surface area contributed by atoms with Crippen molar-refractivity contribution in [3.05, 3.63) is 12.2 Å². The third-order valence-corrected chi connectivity index (χ3v) is 7.71. The van der Waals surface area contributed by atoms with Crippen molar-refractivity contribution in [2.45, 2.75) is 193 Å². The fourth-order valence-corrected chi connectivity index (χ4v) is 5.10. The third-order valence-electron chi connectivity index (χ3n) is 7.71. The van der Waals surface area contributed by atoms with Crippen LogP contribution in [0.2, 0.25) is 0 Å². The smallest absolute Gasteiger partial charge is 0.305 e. The van der Waals surface area contributed by atoms with Gasteiger partial charge in [-0.15, -0.1) is 0 Å². The van der Waals surface area contributed by atoms with Gasteiger partial charge in [0.25, 0.3) is 0 Å². The van der Waals surface area contributed by atoms with E-state index in [0.29, 0.717) is 19.6 Å². The van der Waals surface area contributed by atoms with E-state index in [4.69, 9.17) is 9.84 Å². The molecule has 0 bridgehead atoms. The minimum absolute atomic E-state index is 0.00848. The first kappa shape index (κ1) is 37.2. The number of carbonyl (C=O) groups is 1. The summed E-state index contributed by atoms with van der Waals surface area (Å²) in [7, 11) is 0. The highest BCUT2D eigenvalue weighted by Crippen LogP contribution is 2.15. The van der Waals surface area contributed by atoms with Gasteiger partial charge in [-0.2, -0.15) is 0 Å². The average Bonchev–Trinajstić information content (AvgIpc) is 2.92. The predicted octanol–water partition coefficient (Wildman–Crippen LogP) is 11.4. The molecule has 0 aromatic carbocycles. The SMILES string of the molecule is CCCCC=CCCCCCCCC(=O)OCCCCCCCCCCCCCCCCCCCCCO. The maximum atomic E-state index is 11.9. The Bertz CT molecular complexity index is 474. The molecule has 38 heavy (non-hydrogen) atoms. The monoisotopic (exact) mass is 537 g/mol. The van der Waals surface area contributed by atoms with Gasteiger partial charge >= 0.3 is 5.97 Å². The van der Waals surface area contributed by atoms with E-state index < -0.39 is 0 Å². The van der Waals surface area contributed by atoms with Crippen molar-refractivity contribution in [2.24, 2.45) is 0 Å². The quantitative estimate of drug-likeness (QED) is 0.0528. The number of hydrogen-bond acceptors (Lipinski definition) is 3. The van der Waals surface area contributed by atoms with Crippen molar-refractivity contribution in [1.82, 2.24) is 0 Å². The van der Waals surface area contributed by atoms with Crippen molar-refractivity contribution in [3.8, 4) is 0 Å². The minimum atomic E-state index is 0.00848. The maximum absolute atomic E-state index is 11.9. The fraction of sp³-hybridized carbons (Fsp3) is 0.914. The van der Waals surface area contributed by atoms with Crippen LogP contribution in [0.15, 0.2) is 12.2 Å². The van der Waals surface area contributed by atoms with Gasteiger partial charge in [0, 0.05) is 13.0 Å². The molecule has 0 saturated carbocycles. The Kier molecular flexibility index (Phi) is 33.5. The van der Waals surface area contributed by atoms with Crippen molar-refractivity contribution >= 4 is 5.97 Å². The Morgan fingerprint density at radius 1 is 0.500 bits per heavy atom. The molecule has 0 rings (SSSR count). The molecule has 0 atom stereocenters. The lowest BCUT2D eigenvalue weighted by Crippen LogP contribution is -2.05. The molecule has 0 aliphatic heterocycles. The fourth-order valence-electron chi connectivity index (χ4n) is 5.10. The highest BCUT2D eigenvalue weighted by atomic mass is 16.5. The van der Waals surface area contributed by atoms with Crippen LogP contribution >= 0.6 is 0 Å². The summed E-state index contributed by atoms with van der Waals surface area (Å²) in [6, 6.07) is 0. The number of carbonyl (C=O) groups excluding carboxylic acids is 1. The average molecular weight is 537 g/mol. The Hall–Kier alpha value is -0.830. The lowest BCUT2D eigenvalue weighted by molar-refractivity contribution is -0.143. The molecule has 0 aromatic rings. The lowest BCUT2D eigenvalue weighted by atomic mass is 10.0.